The molecule has 1 aliphatic rings. The van der Waals surface area contributed by atoms with Crippen LogP contribution in [-0.4, -0.2) is 39.6 Å². The van der Waals surface area contributed by atoms with E-state index in [0.717, 1.165) is 6.07 Å². The van der Waals surface area contributed by atoms with Gasteiger partial charge in [-0.2, -0.15) is 13.2 Å². The van der Waals surface area contributed by atoms with Gasteiger partial charge in [-0.1, -0.05) is 17.7 Å². The molecule has 152 valence electrons. The lowest BCUT2D eigenvalue weighted by atomic mass is 10.0. The Kier molecular flexibility index (Phi) is 4.72. The van der Waals surface area contributed by atoms with Gasteiger partial charge in [-0.05, 0) is 23.8 Å². The lowest BCUT2D eigenvalue weighted by Gasteiger charge is -2.34. The second-order valence-corrected chi connectivity index (χ2v) is 7.19. The molecule has 0 N–H and O–H groups in total. The lowest BCUT2D eigenvalue weighted by Crippen LogP contribution is -2.52. The van der Waals surface area contributed by atoms with Crippen LogP contribution in [0.2, 0.25) is 5.02 Å². The van der Waals surface area contributed by atoms with Crippen LogP contribution in [-0.2, 0) is 17.5 Å². The molecular weight excluding hydrogens is 417 g/mol. The van der Waals surface area contributed by atoms with E-state index in [9.17, 15) is 26.7 Å². The molecule has 1 aliphatic heterocycles. The molecule has 0 unspecified atom stereocenters. The van der Waals surface area contributed by atoms with Crippen LogP contribution in [0.5, 0.6) is 0 Å². The molecule has 0 radical (unpaired) electrons. The molecule has 1 amide bonds. The minimum absolute atomic E-state index is 0.0328. The number of aromatic nitrogens is 2. The first-order valence-electron chi connectivity index (χ1n) is 8.57. The molecule has 0 atom stereocenters. The van der Waals surface area contributed by atoms with E-state index in [1.807, 2.05) is 0 Å². The number of fused-ring (bicyclic) bond motifs is 1. The summed E-state index contributed by atoms with van der Waals surface area (Å²) in [7, 11) is 0. The summed E-state index contributed by atoms with van der Waals surface area (Å²) in [5.41, 5.74) is -0.160. The molecule has 0 aliphatic carbocycles. The maximum atomic E-state index is 13.6. The number of benzene rings is 1. The van der Waals surface area contributed by atoms with Crippen molar-refractivity contribution in [1.29, 1.82) is 0 Å². The van der Waals surface area contributed by atoms with E-state index in [1.165, 1.54) is 34.0 Å². The minimum atomic E-state index is -4.83. The van der Waals surface area contributed by atoms with Crippen LogP contribution in [0.25, 0.3) is 22.2 Å². The van der Waals surface area contributed by atoms with Gasteiger partial charge in [0.05, 0.1) is 29.2 Å². The van der Waals surface area contributed by atoms with E-state index in [2.05, 4.69) is 4.98 Å². The third-order valence-corrected chi connectivity index (χ3v) is 5.05. The van der Waals surface area contributed by atoms with Gasteiger partial charge in [-0.15, -0.1) is 0 Å². The molecule has 3 aromatic rings. The molecular formula is C19H13ClF5N3O. The summed E-state index contributed by atoms with van der Waals surface area (Å²) in [6.07, 6.45) is -3.05. The number of carbonyl (C=O) groups is 1. The van der Waals surface area contributed by atoms with Crippen LogP contribution < -0.4 is 0 Å². The van der Waals surface area contributed by atoms with Crippen molar-refractivity contribution in [1.82, 2.24) is 14.5 Å². The SMILES string of the molecule is O=C(Cn1cc(Cl)c2ncc(-c3ccc(F)c(C(F)(F)F)c3)cc21)N1CC(F)C1. The Bertz CT molecular complexity index is 1110. The monoisotopic (exact) mass is 429 g/mol. The smallest absolute Gasteiger partial charge is 0.335 e. The number of carbonyl (C=O) groups excluding carboxylic acids is 1. The van der Waals surface area contributed by atoms with Crippen molar-refractivity contribution >= 4 is 28.5 Å². The molecule has 0 spiro atoms. The van der Waals surface area contributed by atoms with Gasteiger partial charge in [0.1, 0.15) is 24.1 Å². The summed E-state index contributed by atoms with van der Waals surface area (Å²) in [6.45, 7) is -0.0472. The zero-order chi connectivity index (χ0) is 20.9. The highest BCUT2D eigenvalue weighted by molar-refractivity contribution is 6.35. The molecule has 1 aromatic carbocycles. The third kappa shape index (κ3) is 3.66. The first-order valence-corrected chi connectivity index (χ1v) is 8.94. The zero-order valence-corrected chi connectivity index (χ0v) is 15.4. The van der Waals surface area contributed by atoms with Crippen LogP contribution in [0, 0.1) is 5.82 Å². The molecule has 4 rings (SSSR count). The summed E-state index contributed by atoms with van der Waals surface area (Å²) < 4.78 is 67.1. The number of pyridine rings is 1. The van der Waals surface area contributed by atoms with Crippen LogP contribution >= 0.6 is 11.6 Å². The first-order chi connectivity index (χ1) is 13.6. The zero-order valence-electron chi connectivity index (χ0n) is 14.7. The van der Waals surface area contributed by atoms with E-state index in [4.69, 9.17) is 11.6 Å². The summed E-state index contributed by atoms with van der Waals surface area (Å²) in [4.78, 5) is 17.8. The number of hydrogen-bond acceptors (Lipinski definition) is 2. The second-order valence-electron chi connectivity index (χ2n) is 6.79. The molecule has 0 saturated carbocycles. The van der Waals surface area contributed by atoms with Crippen LogP contribution in [0.1, 0.15) is 5.56 Å². The Morgan fingerprint density at radius 1 is 1.21 bits per heavy atom. The highest BCUT2D eigenvalue weighted by atomic mass is 35.5. The Balaban J connectivity index is 1.71. The highest BCUT2D eigenvalue weighted by Gasteiger charge is 2.34. The fourth-order valence-corrected chi connectivity index (χ4v) is 3.47. The number of likely N-dealkylation sites (tertiary alicyclic amines) is 1. The largest absolute Gasteiger partial charge is 0.419 e. The van der Waals surface area contributed by atoms with Crippen molar-refractivity contribution in [2.45, 2.75) is 18.9 Å². The average Bonchev–Trinajstić information content (AvgIpc) is 2.93. The Morgan fingerprint density at radius 3 is 2.59 bits per heavy atom. The molecule has 4 nitrogen and oxygen atoms in total. The lowest BCUT2D eigenvalue weighted by molar-refractivity contribution is -0.140. The minimum Gasteiger partial charge on any atom is -0.335 e. The summed E-state index contributed by atoms with van der Waals surface area (Å²) in [5.74, 6) is -1.67. The van der Waals surface area contributed by atoms with Crippen LogP contribution in [0.15, 0.2) is 36.7 Å². The third-order valence-electron chi connectivity index (χ3n) is 4.77. The van der Waals surface area contributed by atoms with E-state index in [-0.39, 0.29) is 36.1 Å². The van der Waals surface area contributed by atoms with E-state index >= 15 is 0 Å². The fourth-order valence-electron chi connectivity index (χ4n) is 3.21. The fraction of sp³-hybridized carbons (Fsp3) is 0.263. The average molecular weight is 430 g/mol. The summed E-state index contributed by atoms with van der Waals surface area (Å²) in [6, 6.07) is 4.20. The molecule has 10 heteroatoms. The van der Waals surface area contributed by atoms with Gasteiger partial charge in [-0.25, -0.2) is 8.78 Å². The molecule has 2 aromatic heterocycles. The van der Waals surface area contributed by atoms with Crippen molar-refractivity contribution < 1.29 is 26.7 Å². The van der Waals surface area contributed by atoms with Crippen molar-refractivity contribution in [3.8, 4) is 11.1 Å². The number of halogens is 6. The molecule has 1 saturated heterocycles. The van der Waals surface area contributed by atoms with Gasteiger partial charge in [0.2, 0.25) is 5.91 Å². The number of hydrogen-bond donors (Lipinski definition) is 0. The normalized spacial score (nSPS) is 15.0. The van der Waals surface area contributed by atoms with Crippen molar-refractivity contribution in [2.75, 3.05) is 13.1 Å². The van der Waals surface area contributed by atoms with Gasteiger partial charge >= 0.3 is 6.18 Å². The van der Waals surface area contributed by atoms with Gasteiger partial charge in [0.15, 0.2) is 0 Å². The highest BCUT2D eigenvalue weighted by Crippen LogP contribution is 2.35. The number of nitrogens with zero attached hydrogens (tertiary/aromatic N) is 3. The quantitative estimate of drug-likeness (QED) is 0.566. The predicted octanol–water partition coefficient (Wildman–Crippen LogP) is 4.69. The van der Waals surface area contributed by atoms with Crippen molar-refractivity contribution in [3.05, 3.63) is 53.1 Å². The van der Waals surface area contributed by atoms with Crippen LogP contribution in [0.3, 0.4) is 0 Å². The second kappa shape index (κ2) is 6.98. The van der Waals surface area contributed by atoms with Gasteiger partial charge in [0, 0.05) is 18.0 Å². The number of alkyl halides is 4. The molecule has 0 bridgehead atoms. The van der Waals surface area contributed by atoms with Crippen LogP contribution in [0.4, 0.5) is 22.0 Å². The summed E-state index contributed by atoms with van der Waals surface area (Å²) >= 11 is 6.15. The summed E-state index contributed by atoms with van der Waals surface area (Å²) in [5, 5.41) is 0.265. The van der Waals surface area contributed by atoms with Gasteiger partial charge in [-0.3, -0.25) is 9.78 Å². The van der Waals surface area contributed by atoms with Gasteiger partial charge in [0.25, 0.3) is 0 Å². The topological polar surface area (TPSA) is 38.1 Å². The Hall–Kier alpha value is -2.68. The maximum Gasteiger partial charge on any atom is 0.419 e. The molecule has 29 heavy (non-hydrogen) atoms. The molecule has 1 fully saturated rings. The Morgan fingerprint density at radius 2 is 1.93 bits per heavy atom. The number of amides is 1. The number of rotatable bonds is 3. The molecule has 3 heterocycles. The standard InChI is InChI=1S/C19H13ClF5N3O/c20-14-8-27(9-17(29)28-6-12(21)7-28)16-4-11(5-26-18(14)16)10-1-2-15(22)13(3-10)19(23,24)25/h1-5,8,12H,6-7,9H2. The van der Waals surface area contributed by atoms with E-state index in [0.29, 0.717) is 22.7 Å². The van der Waals surface area contributed by atoms with Gasteiger partial charge < -0.3 is 9.47 Å². The van der Waals surface area contributed by atoms with Crippen molar-refractivity contribution in [3.63, 3.8) is 0 Å². The van der Waals surface area contributed by atoms with E-state index < -0.39 is 23.7 Å². The van der Waals surface area contributed by atoms with Crippen molar-refractivity contribution in [2.24, 2.45) is 0 Å². The first kappa shape index (κ1) is 19.6. The maximum absolute atomic E-state index is 13.6. The van der Waals surface area contributed by atoms with E-state index in [1.54, 1.807) is 0 Å². The predicted molar refractivity (Wildman–Crippen MR) is 96.6 cm³/mol. The Labute approximate surface area is 166 Å².